The Labute approximate surface area is 204 Å². The summed E-state index contributed by atoms with van der Waals surface area (Å²) in [7, 11) is 0. The van der Waals surface area contributed by atoms with Crippen LogP contribution in [0.15, 0.2) is 91.0 Å². The van der Waals surface area contributed by atoms with Crippen LogP contribution in [0.3, 0.4) is 0 Å². The molecule has 0 radical (unpaired) electrons. The van der Waals surface area contributed by atoms with Gasteiger partial charge in [0.1, 0.15) is 0 Å². The molecule has 1 fully saturated rings. The van der Waals surface area contributed by atoms with Crippen molar-refractivity contribution in [2.45, 2.75) is 25.2 Å². The number of carbonyl (C=O) groups is 2. The number of amides is 2. The summed E-state index contributed by atoms with van der Waals surface area (Å²) >= 11 is 1.61. The Morgan fingerprint density at radius 1 is 0.853 bits per heavy atom. The predicted molar refractivity (Wildman–Crippen MR) is 139 cm³/mol. The number of nitrogens with zero attached hydrogens (tertiary/aromatic N) is 1. The van der Waals surface area contributed by atoms with E-state index in [0.29, 0.717) is 25.4 Å². The molecule has 34 heavy (non-hydrogen) atoms. The Hall–Kier alpha value is -3.44. The number of carbonyl (C=O) groups excluding carboxylic acids is 2. The number of piperidine rings is 1. The van der Waals surface area contributed by atoms with E-state index in [0.717, 1.165) is 34.4 Å². The first-order valence-electron chi connectivity index (χ1n) is 11.8. The molecule has 2 heterocycles. The Morgan fingerprint density at radius 2 is 1.44 bits per heavy atom. The molecule has 1 N–H and O–H groups in total. The summed E-state index contributed by atoms with van der Waals surface area (Å²) in [6, 6.07) is 30.2. The van der Waals surface area contributed by atoms with Crippen LogP contribution in [-0.4, -0.2) is 29.8 Å². The quantitative estimate of drug-likeness (QED) is 0.361. The highest BCUT2D eigenvalue weighted by atomic mass is 32.1. The van der Waals surface area contributed by atoms with Gasteiger partial charge < -0.3 is 10.2 Å². The molecule has 0 spiro atoms. The van der Waals surface area contributed by atoms with Crippen LogP contribution in [0.5, 0.6) is 0 Å². The molecule has 0 bridgehead atoms. The van der Waals surface area contributed by atoms with Crippen molar-refractivity contribution in [1.82, 2.24) is 4.90 Å². The molecule has 1 aliphatic heterocycles. The van der Waals surface area contributed by atoms with Crippen LogP contribution in [0, 0.1) is 5.92 Å². The first kappa shape index (κ1) is 22.4. The Bertz CT molecular complexity index is 1190. The van der Waals surface area contributed by atoms with Gasteiger partial charge in [-0.25, -0.2) is 0 Å². The number of thiophene rings is 1. The van der Waals surface area contributed by atoms with E-state index in [1.54, 1.807) is 11.3 Å². The summed E-state index contributed by atoms with van der Waals surface area (Å²) in [6.45, 7) is 1.38. The molecule has 4 aromatic rings. The Balaban J connectivity index is 1.20. The second-order valence-electron chi connectivity index (χ2n) is 8.92. The van der Waals surface area contributed by atoms with Gasteiger partial charge in [-0.2, -0.15) is 0 Å². The third-order valence-corrected chi connectivity index (χ3v) is 7.63. The van der Waals surface area contributed by atoms with Crippen LogP contribution in [0.25, 0.3) is 10.1 Å². The highest BCUT2D eigenvalue weighted by Crippen LogP contribution is 2.31. The fourth-order valence-electron chi connectivity index (χ4n) is 4.80. The molecular formula is C29H28N2O2S. The number of likely N-dealkylation sites (tertiary alicyclic amines) is 1. The van der Waals surface area contributed by atoms with Crippen molar-refractivity contribution < 1.29 is 9.59 Å². The molecule has 1 aromatic heterocycles. The summed E-state index contributed by atoms with van der Waals surface area (Å²) in [5.74, 6) is 0.203. The third kappa shape index (κ3) is 5.05. The molecule has 0 aliphatic carbocycles. The summed E-state index contributed by atoms with van der Waals surface area (Å²) in [6.07, 6.45) is 2.20. The lowest BCUT2D eigenvalue weighted by molar-refractivity contribution is -0.133. The van der Waals surface area contributed by atoms with Gasteiger partial charge in [-0.3, -0.25) is 9.59 Å². The number of nitrogens with one attached hydrogen (secondary N) is 1. The summed E-state index contributed by atoms with van der Waals surface area (Å²) in [4.78, 5) is 28.2. The average molecular weight is 469 g/mol. The number of fused-ring (bicyclic) bond motifs is 1. The van der Waals surface area contributed by atoms with Crippen molar-refractivity contribution in [2.75, 3.05) is 18.4 Å². The van der Waals surface area contributed by atoms with E-state index in [4.69, 9.17) is 0 Å². The molecule has 3 aromatic carbocycles. The minimum Gasteiger partial charge on any atom is -0.342 e. The monoisotopic (exact) mass is 468 g/mol. The molecule has 5 heteroatoms. The van der Waals surface area contributed by atoms with Crippen LogP contribution in [0.4, 0.5) is 5.00 Å². The van der Waals surface area contributed by atoms with Gasteiger partial charge in [-0.1, -0.05) is 78.9 Å². The Morgan fingerprint density at radius 3 is 2.06 bits per heavy atom. The molecule has 0 unspecified atom stereocenters. The van der Waals surface area contributed by atoms with Crippen LogP contribution in [0.1, 0.15) is 36.3 Å². The van der Waals surface area contributed by atoms with E-state index >= 15 is 0 Å². The molecule has 0 atom stereocenters. The van der Waals surface area contributed by atoms with Crippen LogP contribution in [0.2, 0.25) is 0 Å². The zero-order chi connectivity index (χ0) is 23.3. The number of hydrogen-bond donors (Lipinski definition) is 1. The number of hydrogen-bond acceptors (Lipinski definition) is 3. The first-order valence-corrected chi connectivity index (χ1v) is 12.7. The number of anilines is 1. The largest absolute Gasteiger partial charge is 0.342 e. The van der Waals surface area contributed by atoms with E-state index < -0.39 is 0 Å². The smallest absolute Gasteiger partial charge is 0.234 e. The van der Waals surface area contributed by atoms with Crippen molar-refractivity contribution in [1.29, 1.82) is 0 Å². The average Bonchev–Trinajstić information content (AvgIpc) is 3.28. The van der Waals surface area contributed by atoms with Crippen molar-refractivity contribution in [3.8, 4) is 0 Å². The van der Waals surface area contributed by atoms with Crippen molar-refractivity contribution in [3.63, 3.8) is 0 Å². The predicted octanol–water partition coefficient (Wildman–Crippen LogP) is 6.30. The van der Waals surface area contributed by atoms with E-state index in [9.17, 15) is 9.59 Å². The Kier molecular flexibility index (Phi) is 6.72. The molecule has 0 saturated carbocycles. The lowest BCUT2D eigenvalue weighted by atomic mass is 9.88. The highest BCUT2D eigenvalue weighted by molar-refractivity contribution is 7.22. The zero-order valence-electron chi connectivity index (χ0n) is 19.0. The number of rotatable bonds is 6. The molecule has 1 saturated heterocycles. The maximum absolute atomic E-state index is 13.6. The van der Waals surface area contributed by atoms with Gasteiger partial charge in [0.25, 0.3) is 0 Å². The van der Waals surface area contributed by atoms with Gasteiger partial charge in [-0.05, 0) is 47.4 Å². The molecule has 172 valence electrons. The third-order valence-electron chi connectivity index (χ3n) is 6.60. The summed E-state index contributed by atoms with van der Waals surface area (Å²) < 4.78 is 1.18. The second kappa shape index (κ2) is 10.2. The second-order valence-corrected chi connectivity index (χ2v) is 10.0. The zero-order valence-corrected chi connectivity index (χ0v) is 19.8. The topological polar surface area (TPSA) is 49.4 Å². The van der Waals surface area contributed by atoms with Crippen LogP contribution >= 0.6 is 11.3 Å². The van der Waals surface area contributed by atoms with Crippen LogP contribution < -0.4 is 5.32 Å². The maximum atomic E-state index is 13.6. The fraction of sp³-hybridized carbons (Fsp3) is 0.241. The summed E-state index contributed by atoms with van der Waals surface area (Å²) in [5.41, 5.74) is 2.03. The van der Waals surface area contributed by atoms with E-state index in [1.807, 2.05) is 83.8 Å². The van der Waals surface area contributed by atoms with Crippen molar-refractivity contribution >= 4 is 38.2 Å². The van der Waals surface area contributed by atoms with Gasteiger partial charge in [0, 0.05) is 24.2 Å². The lowest BCUT2D eigenvalue weighted by Gasteiger charge is -2.34. The molecule has 5 rings (SSSR count). The molecule has 4 nitrogen and oxygen atoms in total. The molecule has 1 aliphatic rings. The van der Waals surface area contributed by atoms with Crippen molar-refractivity contribution in [3.05, 3.63) is 102 Å². The minimum atomic E-state index is -0.296. The van der Waals surface area contributed by atoms with Gasteiger partial charge in [0.2, 0.25) is 11.8 Å². The van der Waals surface area contributed by atoms with Gasteiger partial charge in [0.15, 0.2) is 0 Å². The fourth-order valence-corrected chi connectivity index (χ4v) is 5.78. The van der Waals surface area contributed by atoms with Crippen LogP contribution in [-0.2, 0) is 9.59 Å². The molecular weight excluding hydrogens is 440 g/mol. The normalized spacial score (nSPS) is 14.4. The van der Waals surface area contributed by atoms with Gasteiger partial charge >= 0.3 is 0 Å². The lowest BCUT2D eigenvalue weighted by Crippen LogP contribution is -2.42. The minimum absolute atomic E-state index is 0.0581. The maximum Gasteiger partial charge on any atom is 0.234 e. The van der Waals surface area contributed by atoms with E-state index in [1.165, 1.54) is 4.70 Å². The van der Waals surface area contributed by atoms with Gasteiger partial charge in [-0.15, -0.1) is 11.3 Å². The SMILES string of the molecule is O=C(CC1CCN(C(=O)C(c2ccccc2)c2ccccc2)CC1)Nc1cc2ccccc2s1. The number of benzene rings is 3. The summed E-state index contributed by atoms with van der Waals surface area (Å²) in [5, 5.41) is 5.12. The standard InChI is InChI=1S/C29H28N2O2S/c32-26(30-27-20-24-13-7-8-14-25(24)34-27)19-21-15-17-31(18-16-21)29(33)28(22-9-3-1-4-10-22)23-11-5-2-6-12-23/h1-14,20-21,28H,15-19H2,(H,30,32). The van der Waals surface area contributed by atoms with E-state index in [2.05, 4.69) is 17.4 Å². The highest BCUT2D eigenvalue weighted by Gasteiger charge is 2.31. The van der Waals surface area contributed by atoms with Crippen molar-refractivity contribution in [2.24, 2.45) is 5.92 Å². The molecule has 2 amide bonds. The van der Waals surface area contributed by atoms with E-state index in [-0.39, 0.29) is 17.7 Å². The first-order chi connectivity index (χ1) is 16.7. The van der Waals surface area contributed by atoms with Gasteiger partial charge in [0.05, 0.1) is 10.9 Å².